The molecule has 184 valence electrons. The van der Waals surface area contributed by atoms with E-state index in [1.165, 1.54) is 30.3 Å². The molecule has 1 saturated heterocycles. The molecule has 4 N–H and O–H groups in total. The maximum Gasteiger partial charge on any atom is 0.365 e. The van der Waals surface area contributed by atoms with Gasteiger partial charge >= 0.3 is 13.6 Å². The predicted octanol–water partition coefficient (Wildman–Crippen LogP) is -0.632. The number of hydrogen-bond donors (Lipinski definition) is 4. The minimum atomic E-state index is -5.04. The number of halogens is 1. The second-order valence-electron chi connectivity index (χ2n) is 7.18. The van der Waals surface area contributed by atoms with Gasteiger partial charge in [-0.2, -0.15) is 9.97 Å². The third-order valence-electron chi connectivity index (χ3n) is 4.95. The smallest absolute Gasteiger partial charge is 0.365 e. The van der Waals surface area contributed by atoms with Gasteiger partial charge in [-0.05, 0) is 18.5 Å². The van der Waals surface area contributed by atoms with E-state index in [0.29, 0.717) is 11.3 Å². The molecule has 4 rings (SSSR count). The first-order valence-corrected chi connectivity index (χ1v) is 11.9. The SMILES string of the molecule is CCOC(=O)[C@H](OC[C@H]1O[C@@H](n2cnc3c(-n4ccnc4)nc(Cl)nc32)[C@H](O)[C@H]1O)P(=O)(O)O. The first-order valence-electron chi connectivity index (χ1n) is 9.85. The van der Waals surface area contributed by atoms with Gasteiger partial charge in [0.15, 0.2) is 23.2 Å². The van der Waals surface area contributed by atoms with Gasteiger partial charge in [-0.1, -0.05) is 0 Å². The molecule has 0 bridgehead atoms. The number of nitrogens with zero attached hydrogens (tertiary/aromatic N) is 6. The van der Waals surface area contributed by atoms with E-state index in [4.69, 9.17) is 21.1 Å². The molecule has 4 heterocycles. The Hall–Kier alpha value is -2.49. The van der Waals surface area contributed by atoms with Crippen molar-refractivity contribution in [1.82, 2.24) is 29.1 Å². The molecule has 0 spiro atoms. The van der Waals surface area contributed by atoms with Gasteiger partial charge in [0, 0.05) is 12.4 Å². The van der Waals surface area contributed by atoms with Crippen LogP contribution in [0.5, 0.6) is 0 Å². The van der Waals surface area contributed by atoms with E-state index in [-0.39, 0.29) is 17.5 Å². The molecule has 0 radical (unpaired) electrons. The Morgan fingerprint density at radius 3 is 2.71 bits per heavy atom. The van der Waals surface area contributed by atoms with Gasteiger partial charge < -0.3 is 34.2 Å². The largest absolute Gasteiger partial charge is 0.464 e. The van der Waals surface area contributed by atoms with Crippen molar-refractivity contribution in [3.63, 3.8) is 0 Å². The van der Waals surface area contributed by atoms with Crippen LogP contribution in [0, 0.1) is 0 Å². The molecule has 5 atom stereocenters. The molecule has 0 aromatic carbocycles. The summed E-state index contributed by atoms with van der Waals surface area (Å²) in [5, 5.41) is 20.9. The highest BCUT2D eigenvalue weighted by molar-refractivity contribution is 7.53. The summed E-state index contributed by atoms with van der Waals surface area (Å²) in [6.45, 7) is 0.704. The molecule has 0 saturated carbocycles. The summed E-state index contributed by atoms with van der Waals surface area (Å²) in [6.07, 6.45) is 0.423. The van der Waals surface area contributed by atoms with Crippen LogP contribution in [0.3, 0.4) is 0 Å². The Balaban J connectivity index is 1.58. The number of aliphatic hydroxyl groups excluding tert-OH is 2. The van der Waals surface area contributed by atoms with Crippen LogP contribution in [0.25, 0.3) is 17.0 Å². The zero-order chi connectivity index (χ0) is 24.6. The lowest BCUT2D eigenvalue weighted by Crippen LogP contribution is -2.36. The highest BCUT2D eigenvalue weighted by Crippen LogP contribution is 2.43. The van der Waals surface area contributed by atoms with E-state index in [0.717, 1.165) is 0 Å². The fraction of sp³-hybridized carbons (Fsp3) is 0.471. The Labute approximate surface area is 196 Å². The molecule has 15 nitrogen and oxygen atoms in total. The Bertz CT molecular complexity index is 1220. The van der Waals surface area contributed by atoms with E-state index >= 15 is 0 Å². The van der Waals surface area contributed by atoms with E-state index in [1.54, 1.807) is 10.8 Å². The minimum Gasteiger partial charge on any atom is -0.464 e. The monoisotopic (exact) mass is 518 g/mol. The standard InChI is InChI=1S/C17H20ClN6O9P/c1-2-31-15(27)16(34(28,29)30)32-5-8-10(25)11(26)14(33-8)24-7-20-9-12(23-4-3-19-6-23)21-17(18)22-13(9)24/h3-4,6-8,10-11,14,16,25-26H,2,5H2,1H3,(H2,28,29,30)/t8-,10+,11-,14-,16-/m1/s1. The van der Waals surface area contributed by atoms with Gasteiger partial charge in [0.2, 0.25) is 5.28 Å². The van der Waals surface area contributed by atoms with Gasteiger partial charge in [-0.3, -0.25) is 13.7 Å². The van der Waals surface area contributed by atoms with Crippen LogP contribution in [-0.4, -0.2) is 92.4 Å². The molecule has 3 aromatic heterocycles. The van der Waals surface area contributed by atoms with E-state index < -0.39 is 50.6 Å². The summed E-state index contributed by atoms with van der Waals surface area (Å²) in [5.41, 5.74) is 0.484. The van der Waals surface area contributed by atoms with Crippen molar-refractivity contribution in [3.05, 3.63) is 30.3 Å². The van der Waals surface area contributed by atoms with E-state index in [2.05, 4.69) is 24.7 Å². The lowest BCUT2D eigenvalue weighted by atomic mass is 10.1. The topological polar surface area (TPSA) is 204 Å². The predicted molar refractivity (Wildman–Crippen MR) is 112 cm³/mol. The molecular weight excluding hydrogens is 499 g/mol. The molecular formula is C17H20ClN6O9P. The molecule has 17 heteroatoms. The molecule has 1 fully saturated rings. The van der Waals surface area contributed by atoms with Crippen molar-refractivity contribution >= 4 is 36.3 Å². The second-order valence-corrected chi connectivity index (χ2v) is 9.17. The molecule has 0 aliphatic carbocycles. The van der Waals surface area contributed by atoms with Crippen LogP contribution in [0.4, 0.5) is 0 Å². The van der Waals surface area contributed by atoms with Crippen molar-refractivity contribution in [2.24, 2.45) is 0 Å². The zero-order valence-electron chi connectivity index (χ0n) is 17.4. The Kier molecular flexibility index (Phi) is 6.98. The average Bonchev–Trinajstić information content (AvgIpc) is 3.49. The molecule has 0 unspecified atom stereocenters. The number of imidazole rings is 2. The third kappa shape index (κ3) is 4.69. The first-order chi connectivity index (χ1) is 16.1. The molecule has 3 aromatic rings. The van der Waals surface area contributed by atoms with Gasteiger partial charge in [-0.15, -0.1) is 0 Å². The summed E-state index contributed by atoms with van der Waals surface area (Å²) in [5.74, 6) is -3.16. The van der Waals surface area contributed by atoms with Gasteiger partial charge in [0.25, 0.3) is 5.85 Å². The van der Waals surface area contributed by atoms with Gasteiger partial charge in [-0.25, -0.2) is 14.8 Å². The summed E-state index contributed by atoms with van der Waals surface area (Å²) >= 11 is 6.07. The average molecular weight is 519 g/mol. The molecule has 1 aliphatic rings. The van der Waals surface area contributed by atoms with Crippen LogP contribution in [0.15, 0.2) is 25.0 Å². The lowest BCUT2D eigenvalue weighted by molar-refractivity contribution is -0.155. The van der Waals surface area contributed by atoms with Gasteiger partial charge in [0.1, 0.15) is 24.6 Å². The van der Waals surface area contributed by atoms with Crippen molar-refractivity contribution < 1.29 is 43.6 Å². The summed E-state index contributed by atoms with van der Waals surface area (Å²) < 4.78 is 29.9. The van der Waals surface area contributed by atoms with Crippen LogP contribution in [0.1, 0.15) is 13.2 Å². The lowest BCUT2D eigenvalue weighted by Gasteiger charge is -2.20. The first kappa shape index (κ1) is 24.6. The maximum atomic E-state index is 11.9. The highest BCUT2D eigenvalue weighted by Gasteiger charge is 2.46. The van der Waals surface area contributed by atoms with Crippen molar-refractivity contribution in [1.29, 1.82) is 0 Å². The minimum absolute atomic E-state index is 0.121. The van der Waals surface area contributed by atoms with Crippen LogP contribution >= 0.6 is 19.2 Å². The number of esters is 1. The summed E-state index contributed by atoms with van der Waals surface area (Å²) in [6, 6.07) is 0. The number of aliphatic hydroxyl groups is 2. The number of aromatic nitrogens is 6. The number of carbonyl (C=O) groups is 1. The number of carbonyl (C=O) groups excluding carboxylic acids is 1. The van der Waals surface area contributed by atoms with E-state index in [1.807, 2.05) is 0 Å². The van der Waals surface area contributed by atoms with Crippen molar-refractivity contribution in [2.45, 2.75) is 37.3 Å². The fourth-order valence-corrected chi connectivity index (χ4v) is 4.21. The molecule has 34 heavy (non-hydrogen) atoms. The van der Waals surface area contributed by atoms with Crippen molar-refractivity contribution in [2.75, 3.05) is 13.2 Å². The van der Waals surface area contributed by atoms with Crippen LogP contribution in [0.2, 0.25) is 5.28 Å². The number of fused-ring (bicyclic) bond motifs is 1. The second kappa shape index (κ2) is 9.64. The van der Waals surface area contributed by atoms with E-state index in [9.17, 15) is 29.4 Å². The zero-order valence-corrected chi connectivity index (χ0v) is 19.1. The van der Waals surface area contributed by atoms with Crippen LogP contribution < -0.4 is 0 Å². The van der Waals surface area contributed by atoms with Crippen molar-refractivity contribution in [3.8, 4) is 5.82 Å². The highest BCUT2D eigenvalue weighted by atomic mass is 35.5. The number of rotatable bonds is 8. The van der Waals surface area contributed by atoms with Crippen LogP contribution in [-0.2, 0) is 23.6 Å². The number of hydrogen-bond acceptors (Lipinski definition) is 11. The quantitative estimate of drug-likeness (QED) is 0.167. The Morgan fingerprint density at radius 1 is 1.29 bits per heavy atom. The molecule has 0 amide bonds. The third-order valence-corrected chi connectivity index (χ3v) is 6.09. The fourth-order valence-electron chi connectivity index (χ4n) is 3.43. The maximum absolute atomic E-state index is 11.9. The summed E-state index contributed by atoms with van der Waals surface area (Å²) in [7, 11) is -5.04. The molecule has 1 aliphatic heterocycles. The number of ether oxygens (including phenoxy) is 3. The van der Waals surface area contributed by atoms with Gasteiger partial charge in [0.05, 0.1) is 19.5 Å². The Morgan fingerprint density at radius 2 is 2.06 bits per heavy atom. The summed E-state index contributed by atoms with van der Waals surface area (Å²) in [4.78, 5) is 47.2. The normalized spacial score (nSPS) is 23.9.